The van der Waals surface area contributed by atoms with Crippen molar-refractivity contribution in [2.75, 3.05) is 23.0 Å². The van der Waals surface area contributed by atoms with E-state index in [1.165, 1.54) is 22.0 Å². The Labute approximate surface area is 173 Å². The number of β-lactam (4-membered cyclic amide) rings is 1. The summed E-state index contributed by atoms with van der Waals surface area (Å²) < 4.78 is 0. The van der Waals surface area contributed by atoms with Gasteiger partial charge in [0.05, 0.1) is 0 Å². The van der Waals surface area contributed by atoms with E-state index in [9.17, 15) is 24.3 Å². The molecule has 2 aliphatic heterocycles. The van der Waals surface area contributed by atoms with Crippen molar-refractivity contribution in [2.24, 2.45) is 0 Å². The number of aromatic nitrogens is 1. The minimum Gasteiger partial charge on any atom is -0.477 e. The number of ketones is 1. The molecule has 12 heteroatoms. The molecule has 0 bridgehead atoms. The molecule has 28 heavy (non-hydrogen) atoms. The third kappa shape index (κ3) is 3.89. The maximum absolute atomic E-state index is 12.5. The normalized spacial score (nSPS) is 21.2. The number of thioether (sulfide) groups is 2. The number of carbonyl (C=O) groups is 4. The summed E-state index contributed by atoms with van der Waals surface area (Å²) in [7, 11) is 0. The third-order valence-corrected chi connectivity index (χ3v) is 7.39. The van der Waals surface area contributed by atoms with Crippen LogP contribution < -0.4 is 11.1 Å². The van der Waals surface area contributed by atoms with Gasteiger partial charge in [-0.15, -0.1) is 23.1 Å². The summed E-state index contributed by atoms with van der Waals surface area (Å²) in [6.07, 6.45) is 0.978. The molecule has 0 aromatic carbocycles. The van der Waals surface area contributed by atoms with E-state index < -0.39 is 35.0 Å². The number of thiazole rings is 1. The van der Waals surface area contributed by atoms with Gasteiger partial charge in [0.25, 0.3) is 17.6 Å². The van der Waals surface area contributed by atoms with Crippen LogP contribution in [-0.2, 0) is 14.4 Å². The van der Waals surface area contributed by atoms with E-state index in [2.05, 4.69) is 10.3 Å². The highest BCUT2D eigenvalue weighted by molar-refractivity contribution is 8.01. The molecule has 3 rings (SSSR count). The van der Waals surface area contributed by atoms with Gasteiger partial charge in [-0.05, 0) is 17.7 Å². The van der Waals surface area contributed by atoms with E-state index in [-0.39, 0.29) is 16.5 Å². The predicted octanol–water partition coefficient (Wildman–Crippen LogP) is 0.790. The number of carboxylic acids is 1. The van der Waals surface area contributed by atoms with E-state index in [1.807, 2.05) is 6.92 Å². The molecule has 1 aromatic heterocycles. The van der Waals surface area contributed by atoms with Crippen molar-refractivity contribution in [3.05, 3.63) is 22.3 Å². The Hall–Kier alpha value is -2.05. The molecule has 1 unspecified atom stereocenters. The fourth-order valence-electron chi connectivity index (χ4n) is 2.85. The Morgan fingerprint density at radius 3 is 2.82 bits per heavy atom. The minimum atomic E-state index is -1.16. The van der Waals surface area contributed by atoms with Crippen LogP contribution in [0.25, 0.3) is 0 Å². The Kier molecular flexibility index (Phi) is 6.30. The first-order valence-corrected chi connectivity index (χ1v) is 11.5. The fourth-order valence-corrected chi connectivity index (χ4v) is 5.79. The molecule has 1 saturated heterocycles. The molecule has 4 N–H and O–H groups in total. The summed E-state index contributed by atoms with van der Waals surface area (Å²) >= 11 is 4.03. The Morgan fingerprint density at radius 1 is 1.46 bits per heavy atom. The molecular formula is C16H18N4O5S3. The van der Waals surface area contributed by atoms with E-state index in [0.29, 0.717) is 17.1 Å². The molecule has 0 aliphatic carbocycles. The second-order valence-corrected chi connectivity index (χ2v) is 9.17. The molecule has 2 amide bonds. The molecule has 0 radical (unpaired) electrons. The number of hydrogen-bond acceptors (Lipinski definition) is 9. The molecule has 9 nitrogen and oxygen atoms in total. The zero-order valence-electron chi connectivity index (χ0n) is 14.8. The van der Waals surface area contributed by atoms with Gasteiger partial charge in [-0.1, -0.05) is 6.92 Å². The van der Waals surface area contributed by atoms with Crippen molar-refractivity contribution in [1.82, 2.24) is 15.2 Å². The topological polar surface area (TPSA) is 143 Å². The maximum Gasteiger partial charge on any atom is 0.352 e. The van der Waals surface area contributed by atoms with Gasteiger partial charge in [0.1, 0.15) is 22.8 Å². The van der Waals surface area contributed by atoms with Gasteiger partial charge in [-0.2, -0.15) is 11.8 Å². The Balaban J connectivity index is 1.70. The number of anilines is 1. The lowest BCUT2D eigenvalue weighted by Gasteiger charge is -2.49. The van der Waals surface area contributed by atoms with E-state index in [0.717, 1.165) is 23.5 Å². The third-order valence-electron chi connectivity index (χ3n) is 4.12. The first-order valence-electron chi connectivity index (χ1n) is 8.39. The van der Waals surface area contributed by atoms with Gasteiger partial charge < -0.3 is 16.2 Å². The summed E-state index contributed by atoms with van der Waals surface area (Å²) in [4.78, 5) is 53.5. The average molecular weight is 443 g/mol. The summed E-state index contributed by atoms with van der Waals surface area (Å²) in [5.74, 6) is -1.65. The lowest BCUT2D eigenvalue weighted by molar-refractivity contribution is -0.150. The van der Waals surface area contributed by atoms with Crippen LogP contribution in [0, 0.1) is 0 Å². The van der Waals surface area contributed by atoms with E-state index in [4.69, 9.17) is 5.73 Å². The summed E-state index contributed by atoms with van der Waals surface area (Å²) in [6.45, 7) is 2.04. The minimum absolute atomic E-state index is 0.0125. The van der Waals surface area contributed by atoms with Crippen molar-refractivity contribution in [1.29, 1.82) is 0 Å². The number of nitrogens with one attached hydrogen (secondary N) is 1. The number of Topliss-reactive ketones (excluding diaryl/α,β-unsaturated/α-hetero) is 1. The quantitative estimate of drug-likeness (QED) is 0.230. The van der Waals surface area contributed by atoms with Gasteiger partial charge in [0.2, 0.25) is 0 Å². The van der Waals surface area contributed by atoms with E-state index in [1.54, 1.807) is 11.8 Å². The highest BCUT2D eigenvalue weighted by Crippen LogP contribution is 2.41. The number of carboxylic acid groups (broad SMARTS) is 1. The zero-order valence-corrected chi connectivity index (χ0v) is 17.3. The van der Waals surface area contributed by atoms with Crippen molar-refractivity contribution < 1.29 is 24.3 Å². The van der Waals surface area contributed by atoms with Crippen LogP contribution in [0.4, 0.5) is 5.13 Å². The van der Waals surface area contributed by atoms with Crippen molar-refractivity contribution in [3.8, 4) is 0 Å². The molecule has 1 fully saturated rings. The van der Waals surface area contributed by atoms with Crippen LogP contribution in [-0.4, -0.2) is 67.2 Å². The smallest absolute Gasteiger partial charge is 0.352 e. The predicted molar refractivity (Wildman–Crippen MR) is 108 cm³/mol. The maximum atomic E-state index is 12.5. The Morgan fingerprint density at radius 2 is 2.21 bits per heavy atom. The number of amides is 2. The molecule has 3 heterocycles. The lowest BCUT2D eigenvalue weighted by atomic mass is 10.0. The largest absolute Gasteiger partial charge is 0.477 e. The fraction of sp³-hybridized carbons (Fsp3) is 0.438. The summed E-state index contributed by atoms with van der Waals surface area (Å²) in [5.41, 5.74) is 6.06. The number of nitrogen functional groups attached to an aromatic ring is 1. The number of carbonyl (C=O) groups excluding carboxylic acids is 3. The van der Waals surface area contributed by atoms with Crippen LogP contribution in [0.15, 0.2) is 16.7 Å². The number of hydrogen-bond donors (Lipinski definition) is 3. The van der Waals surface area contributed by atoms with Crippen LogP contribution in [0.2, 0.25) is 0 Å². The second-order valence-electron chi connectivity index (χ2n) is 6.07. The molecule has 1 aromatic rings. The van der Waals surface area contributed by atoms with Gasteiger partial charge in [-0.25, -0.2) is 9.78 Å². The van der Waals surface area contributed by atoms with E-state index >= 15 is 0 Å². The number of nitrogens with two attached hydrogens (primary N) is 1. The standard InChI is InChI=1S/C16H18N4O5S3/c1-2-3-26-4-7-5-27-14-9(13(23)20(14)10(7)15(24)25)19-12(22)11(21)8-6-28-16(17)18-8/h6,9,14H,2-5H2,1H3,(H2,17,18)(H,19,22)(H,24,25)/t9?,14-/m0/s1. The monoisotopic (exact) mass is 442 g/mol. The number of aliphatic carboxylic acids is 1. The molecule has 0 saturated carbocycles. The first-order chi connectivity index (χ1) is 13.3. The zero-order chi connectivity index (χ0) is 20.4. The summed E-state index contributed by atoms with van der Waals surface area (Å²) in [6, 6.07) is -0.948. The molecule has 2 aliphatic rings. The molecular weight excluding hydrogens is 424 g/mol. The van der Waals surface area contributed by atoms with Gasteiger partial charge in [0.15, 0.2) is 5.13 Å². The van der Waals surface area contributed by atoms with Crippen molar-refractivity contribution in [2.45, 2.75) is 24.8 Å². The molecule has 150 valence electrons. The summed E-state index contributed by atoms with van der Waals surface area (Å²) in [5, 5.41) is 13.0. The number of rotatable bonds is 8. The second kappa shape index (κ2) is 8.53. The number of fused-ring (bicyclic) bond motifs is 1. The SMILES string of the molecule is CCCSCC1=C(C(=O)O)N2C(=O)C(NC(=O)C(=O)c3csc(N)n3)[C@@H]2SC1. The van der Waals surface area contributed by atoms with Gasteiger partial charge in [0, 0.05) is 16.9 Å². The van der Waals surface area contributed by atoms with Crippen LogP contribution >= 0.6 is 34.9 Å². The highest BCUT2D eigenvalue weighted by Gasteiger charge is 2.54. The van der Waals surface area contributed by atoms with Crippen molar-refractivity contribution >= 4 is 63.6 Å². The number of nitrogens with zero attached hydrogens (tertiary/aromatic N) is 2. The van der Waals surface area contributed by atoms with Gasteiger partial charge in [-0.3, -0.25) is 19.3 Å². The van der Waals surface area contributed by atoms with Crippen LogP contribution in [0.1, 0.15) is 23.8 Å². The molecule has 2 atom stereocenters. The first kappa shape index (κ1) is 20.7. The van der Waals surface area contributed by atoms with Crippen LogP contribution in [0.5, 0.6) is 0 Å². The van der Waals surface area contributed by atoms with Gasteiger partial charge >= 0.3 is 5.97 Å². The van der Waals surface area contributed by atoms with Crippen molar-refractivity contribution in [3.63, 3.8) is 0 Å². The van der Waals surface area contributed by atoms with Crippen LogP contribution in [0.3, 0.4) is 0 Å². The molecule has 0 spiro atoms. The lowest BCUT2D eigenvalue weighted by Crippen LogP contribution is -2.71. The highest BCUT2D eigenvalue weighted by atomic mass is 32.2. The Bertz CT molecular complexity index is 868. The average Bonchev–Trinajstić information content (AvgIpc) is 3.10.